The van der Waals surface area contributed by atoms with Crippen molar-refractivity contribution in [3.8, 4) is 11.5 Å². The summed E-state index contributed by atoms with van der Waals surface area (Å²) < 4.78 is 11.3. The number of nitrogens with zero attached hydrogens (tertiary/aromatic N) is 1. The zero-order valence-corrected chi connectivity index (χ0v) is 21.3. The number of aryl methyl sites for hydroxylation is 1. The molecule has 4 aromatic rings. The first-order valence-corrected chi connectivity index (χ1v) is 12.4. The molecular formula is C32H28N2O4. The second kappa shape index (κ2) is 11.0. The summed E-state index contributed by atoms with van der Waals surface area (Å²) in [5.74, 6) is 1.16. The van der Waals surface area contributed by atoms with Crippen LogP contribution in [0.2, 0.25) is 0 Å². The van der Waals surface area contributed by atoms with E-state index in [4.69, 9.17) is 9.47 Å². The van der Waals surface area contributed by atoms with Gasteiger partial charge in [-0.3, -0.25) is 14.5 Å². The molecule has 6 heteroatoms. The van der Waals surface area contributed by atoms with Crippen LogP contribution < -0.4 is 19.7 Å². The second-order valence-corrected chi connectivity index (χ2v) is 9.07. The molecule has 0 bridgehead atoms. The van der Waals surface area contributed by atoms with Gasteiger partial charge in [0, 0.05) is 17.7 Å². The van der Waals surface area contributed by atoms with Crippen molar-refractivity contribution in [2.75, 3.05) is 12.0 Å². The highest BCUT2D eigenvalue weighted by atomic mass is 16.5. The van der Waals surface area contributed by atoms with Gasteiger partial charge in [0.2, 0.25) is 0 Å². The quantitative estimate of drug-likeness (QED) is 0.318. The van der Waals surface area contributed by atoms with E-state index in [2.05, 4.69) is 5.32 Å². The summed E-state index contributed by atoms with van der Waals surface area (Å²) >= 11 is 0. The lowest BCUT2D eigenvalue weighted by Gasteiger charge is -2.30. The Morgan fingerprint density at radius 2 is 1.63 bits per heavy atom. The van der Waals surface area contributed by atoms with E-state index in [1.165, 1.54) is 5.56 Å². The Balaban J connectivity index is 1.32. The van der Waals surface area contributed by atoms with Crippen LogP contribution >= 0.6 is 0 Å². The fraction of sp³-hybridized carbons (Fsp3) is 0.125. The summed E-state index contributed by atoms with van der Waals surface area (Å²) in [7, 11) is 1.61. The van der Waals surface area contributed by atoms with Crippen molar-refractivity contribution in [3.05, 3.63) is 131 Å². The average Bonchev–Trinajstić information content (AvgIpc) is 2.95. The fourth-order valence-electron chi connectivity index (χ4n) is 4.30. The van der Waals surface area contributed by atoms with Crippen LogP contribution in [0.25, 0.3) is 6.08 Å². The standard InChI is InChI=1S/C32H28N2O4/c1-22-11-13-24(14-12-22)21-34-27-8-4-6-10-29(27)38-30(32(34)36)19-23-15-17-25(18-16-23)31(35)33-20-26-7-3-5-9-28(26)37-2/h3-19H,20-21H2,1-2H3,(H,33,35)/b30-19+. The number of amides is 2. The maximum Gasteiger partial charge on any atom is 0.294 e. The largest absolute Gasteiger partial charge is 0.496 e. The predicted octanol–water partition coefficient (Wildman–Crippen LogP) is 5.90. The van der Waals surface area contributed by atoms with Gasteiger partial charge in [-0.25, -0.2) is 0 Å². The molecule has 190 valence electrons. The minimum atomic E-state index is -0.220. The van der Waals surface area contributed by atoms with Gasteiger partial charge in [-0.1, -0.05) is 72.3 Å². The summed E-state index contributed by atoms with van der Waals surface area (Å²) in [5.41, 5.74) is 5.10. The lowest BCUT2D eigenvalue weighted by atomic mass is 10.1. The number of anilines is 1. The van der Waals surface area contributed by atoms with E-state index < -0.39 is 0 Å². The number of rotatable bonds is 7. The van der Waals surface area contributed by atoms with Gasteiger partial charge in [0.25, 0.3) is 11.8 Å². The summed E-state index contributed by atoms with van der Waals surface area (Å²) in [6.07, 6.45) is 1.71. The first kappa shape index (κ1) is 24.8. The molecule has 38 heavy (non-hydrogen) atoms. The molecule has 6 nitrogen and oxygen atoms in total. The molecule has 1 heterocycles. The first-order chi connectivity index (χ1) is 18.5. The number of hydrogen-bond acceptors (Lipinski definition) is 4. The van der Waals surface area contributed by atoms with E-state index in [-0.39, 0.29) is 17.6 Å². The Labute approximate surface area is 222 Å². The molecule has 0 saturated heterocycles. The zero-order valence-electron chi connectivity index (χ0n) is 21.3. The number of fused-ring (bicyclic) bond motifs is 1. The summed E-state index contributed by atoms with van der Waals surface area (Å²) in [6, 6.07) is 30.3. The molecule has 0 radical (unpaired) electrons. The SMILES string of the molecule is COc1ccccc1CNC(=O)c1ccc(/C=C2/Oc3ccccc3N(Cc3ccc(C)cc3)C2=O)cc1. The number of para-hydroxylation sites is 3. The topological polar surface area (TPSA) is 67.9 Å². The molecule has 4 aromatic carbocycles. The van der Waals surface area contributed by atoms with Crippen molar-refractivity contribution in [1.29, 1.82) is 0 Å². The third-order valence-electron chi connectivity index (χ3n) is 6.40. The predicted molar refractivity (Wildman–Crippen MR) is 148 cm³/mol. The van der Waals surface area contributed by atoms with Gasteiger partial charge in [-0.05, 0) is 54.5 Å². The van der Waals surface area contributed by atoms with Crippen LogP contribution in [-0.4, -0.2) is 18.9 Å². The molecule has 5 rings (SSSR count). The van der Waals surface area contributed by atoms with Crippen LogP contribution in [0.15, 0.2) is 103 Å². The van der Waals surface area contributed by atoms with E-state index in [1.54, 1.807) is 42.4 Å². The van der Waals surface area contributed by atoms with Crippen molar-refractivity contribution in [3.63, 3.8) is 0 Å². The number of benzene rings is 4. The van der Waals surface area contributed by atoms with E-state index in [9.17, 15) is 9.59 Å². The average molecular weight is 505 g/mol. The highest BCUT2D eigenvalue weighted by Gasteiger charge is 2.30. The van der Waals surface area contributed by atoms with E-state index in [0.29, 0.717) is 24.4 Å². The van der Waals surface area contributed by atoms with Gasteiger partial charge >= 0.3 is 0 Å². The molecule has 0 spiro atoms. The third-order valence-corrected chi connectivity index (χ3v) is 6.40. The summed E-state index contributed by atoms with van der Waals surface area (Å²) in [5, 5.41) is 2.92. The minimum absolute atomic E-state index is 0.196. The van der Waals surface area contributed by atoms with Gasteiger partial charge in [0.05, 0.1) is 19.3 Å². The minimum Gasteiger partial charge on any atom is -0.496 e. The second-order valence-electron chi connectivity index (χ2n) is 9.07. The molecule has 0 aliphatic carbocycles. The molecule has 1 aliphatic rings. The van der Waals surface area contributed by atoms with Gasteiger partial charge in [-0.15, -0.1) is 0 Å². The van der Waals surface area contributed by atoms with Crippen molar-refractivity contribution in [2.24, 2.45) is 0 Å². The highest BCUT2D eigenvalue weighted by Crippen LogP contribution is 2.36. The Bertz CT molecular complexity index is 1490. The fourth-order valence-corrected chi connectivity index (χ4v) is 4.30. The molecule has 2 amide bonds. The van der Waals surface area contributed by atoms with E-state index in [1.807, 2.05) is 79.7 Å². The molecule has 0 unspecified atom stereocenters. The van der Waals surface area contributed by atoms with Gasteiger partial charge in [-0.2, -0.15) is 0 Å². The number of nitrogens with one attached hydrogen (secondary N) is 1. The third kappa shape index (κ3) is 5.44. The van der Waals surface area contributed by atoms with Crippen LogP contribution in [0.3, 0.4) is 0 Å². The maximum atomic E-state index is 13.5. The Morgan fingerprint density at radius 3 is 2.39 bits per heavy atom. The van der Waals surface area contributed by atoms with Crippen molar-refractivity contribution in [2.45, 2.75) is 20.0 Å². The Morgan fingerprint density at radius 1 is 0.921 bits per heavy atom. The summed E-state index contributed by atoms with van der Waals surface area (Å²) in [4.78, 5) is 27.9. The van der Waals surface area contributed by atoms with Crippen molar-refractivity contribution in [1.82, 2.24) is 5.32 Å². The Hall–Kier alpha value is -4.84. The lowest BCUT2D eigenvalue weighted by molar-refractivity contribution is -0.117. The van der Waals surface area contributed by atoms with Crippen LogP contribution in [0.4, 0.5) is 5.69 Å². The van der Waals surface area contributed by atoms with Crippen molar-refractivity contribution < 1.29 is 19.1 Å². The van der Waals surface area contributed by atoms with Gasteiger partial charge in [0.1, 0.15) is 5.75 Å². The number of methoxy groups -OCH3 is 1. The van der Waals surface area contributed by atoms with Gasteiger partial charge in [0.15, 0.2) is 11.5 Å². The van der Waals surface area contributed by atoms with Gasteiger partial charge < -0.3 is 14.8 Å². The lowest BCUT2D eigenvalue weighted by Crippen LogP contribution is -2.36. The first-order valence-electron chi connectivity index (χ1n) is 12.4. The van der Waals surface area contributed by atoms with E-state index in [0.717, 1.165) is 28.1 Å². The monoisotopic (exact) mass is 504 g/mol. The Kier molecular flexibility index (Phi) is 7.22. The zero-order chi connectivity index (χ0) is 26.5. The highest BCUT2D eigenvalue weighted by molar-refractivity contribution is 6.09. The van der Waals surface area contributed by atoms with Crippen LogP contribution in [0.5, 0.6) is 11.5 Å². The molecule has 0 fully saturated rings. The number of ether oxygens (including phenoxy) is 2. The number of carbonyl (C=O) groups is 2. The summed E-state index contributed by atoms with van der Waals surface area (Å²) in [6.45, 7) is 2.82. The normalized spacial score (nSPS) is 13.6. The number of hydrogen-bond donors (Lipinski definition) is 1. The van der Waals surface area contributed by atoms with Crippen LogP contribution in [0, 0.1) is 6.92 Å². The molecule has 0 aromatic heterocycles. The smallest absolute Gasteiger partial charge is 0.294 e. The molecular weight excluding hydrogens is 476 g/mol. The molecule has 1 N–H and O–H groups in total. The molecule has 0 atom stereocenters. The molecule has 0 saturated carbocycles. The molecule has 1 aliphatic heterocycles. The van der Waals surface area contributed by atoms with Crippen LogP contribution in [-0.2, 0) is 17.9 Å². The van der Waals surface area contributed by atoms with Crippen molar-refractivity contribution >= 4 is 23.6 Å². The van der Waals surface area contributed by atoms with E-state index >= 15 is 0 Å². The maximum absolute atomic E-state index is 13.5. The van der Waals surface area contributed by atoms with Crippen LogP contribution in [0.1, 0.15) is 32.6 Å². The number of carbonyl (C=O) groups excluding carboxylic acids is 2.